The number of carbonyl (C=O) groups is 1. The van der Waals surface area contributed by atoms with E-state index in [1.165, 1.54) is 0 Å². The molecule has 0 saturated heterocycles. The third-order valence-corrected chi connectivity index (χ3v) is 2.88. The number of amides is 1. The fourth-order valence-corrected chi connectivity index (χ4v) is 1.72. The fraction of sp³-hybridized carbons (Fsp3) is 0.167. The predicted octanol–water partition coefficient (Wildman–Crippen LogP) is 3.16. The number of hydrogen-bond donors (Lipinski definition) is 2. The minimum Gasteiger partial charge on any atom is -0.307 e. The van der Waals surface area contributed by atoms with Crippen molar-refractivity contribution in [3.63, 3.8) is 0 Å². The zero-order chi connectivity index (χ0) is 14.0. The minimum atomic E-state index is -0.888. The van der Waals surface area contributed by atoms with Crippen LogP contribution in [0.25, 0.3) is 0 Å². The van der Waals surface area contributed by atoms with Crippen LogP contribution in [0.5, 0.6) is 0 Å². The molecule has 19 heavy (non-hydrogen) atoms. The van der Waals surface area contributed by atoms with E-state index in [4.69, 9.17) is 11.6 Å². The van der Waals surface area contributed by atoms with Gasteiger partial charge in [0.25, 0.3) is 5.91 Å². The summed E-state index contributed by atoms with van der Waals surface area (Å²) >= 11 is 5.42. The van der Waals surface area contributed by atoms with E-state index in [0.717, 1.165) is 17.7 Å². The molecule has 1 aromatic carbocycles. The van der Waals surface area contributed by atoms with Gasteiger partial charge in [-0.15, -0.1) is 0 Å². The molecule has 1 heterocycles. The Kier molecular flexibility index (Phi) is 3.80. The highest BCUT2D eigenvalue weighted by Crippen LogP contribution is 2.20. The van der Waals surface area contributed by atoms with Crippen LogP contribution in [0.15, 0.2) is 18.3 Å². The third kappa shape index (κ3) is 2.73. The van der Waals surface area contributed by atoms with E-state index in [1.54, 1.807) is 6.20 Å². The van der Waals surface area contributed by atoms with Crippen LogP contribution in [-0.4, -0.2) is 16.1 Å². The Morgan fingerprint density at radius 2 is 2.16 bits per heavy atom. The highest BCUT2D eigenvalue weighted by Gasteiger charge is 2.17. The maximum Gasteiger partial charge on any atom is 0.259 e. The Labute approximate surface area is 112 Å². The van der Waals surface area contributed by atoms with Gasteiger partial charge in [-0.3, -0.25) is 9.89 Å². The third-order valence-electron chi connectivity index (χ3n) is 2.59. The SMILES string of the molecule is CCc1cn[nH]c1NC(=O)c1cc(F)c(Cl)cc1F. The first kappa shape index (κ1) is 13.5. The number of nitrogens with one attached hydrogen (secondary N) is 2. The van der Waals surface area contributed by atoms with Crippen LogP contribution in [0, 0.1) is 11.6 Å². The van der Waals surface area contributed by atoms with Crippen molar-refractivity contribution in [3.8, 4) is 0 Å². The maximum atomic E-state index is 13.6. The Balaban J connectivity index is 2.28. The van der Waals surface area contributed by atoms with Crippen molar-refractivity contribution in [2.75, 3.05) is 5.32 Å². The zero-order valence-corrected chi connectivity index (χ0v) is 10.7. The van der Waals surface area contributed by atoms with Gasteiger partial charge in [-0.05, 0) is 18.6 Å². The largest absolute Gasteiger partial charge is 0.307 e. The van der Waals surface area contributed by atoms with Gasteiger partial charge < -0.3 is 5.32 Å². The molecule has 0 spiro atoms. The molecule has 0 radical (unpaired) electrons. The monoisotopic (exact) mass is 285 g/mol. The summed E-state index contributed by atoms with van der Waals surface area (Å²) in [5.74, 6) is -2.15. The van der Waals surface area contributed by atoms with Gasteiger partial charge in [-0.2, -0.15) is 5.10 Å². The van der Waals surface area contributed by atoms with Gasteiger partial charge in [-0.1, -0.05) is 18.5 Å². The number of nitrogens with zero attached hydrogens (tertiary/aromatic N) is 1. The lowest BCUT2D eigenvalue weighted by Crippen LogP contribution is -2.15. The molecule has 1 amide bonds. The molecule has 0 aliphatic heterocycles. The molecule has 1 aromatic heterocycles. The molecule has 2 aromatic rings. The van der Waals surface area contributed by atoms with Crippen LogP contribution < -0.4 is 5.32 Å². The van der Waals surface area contributed by atoms with Crippen molar-refractivity contribution in [1.29, 1.82) is 0 Å². The Morgan fingerprint density at radius 3 is 2.84 bits per heavy atom. The number of H-pyrrole nitrogens is 1. The quantitative estimate of drug-likeness (QED) is 0.851. The highest BCUT2D eigenvalue weighted by atomic mass is 35.5. The lowest BCUT2D eigenvalue weighted by Gasteiger charge is -2.06. The van der Waals surface area contributed by atoms with Crippen LogP contribution >= 0.6 is 11.6 Å². The summed E-state index contributed by atoms with van der Waals surface area (Å²) < 4.78 is 26.8. The summed E-state index contributed by atoms with van der Waals surface area (Å²) in [4.78, 5) is 11.9. The second kappa shape index (κ2) is 5.36. The van der Waals surface area contributed by atoms with Gasteiger partial charge in [0.15, 0.2) is 0 Å². The van der Waals surface area contributed by atoms with Crippen molar-refractivity contribution in [2.45, 2.75) is 13.3 Å². The van der Waals surface area contributed by atoms with E-state index < -0.39 is 23.1 Å². The summed E-state index contributed by atoms with van der Waals surface area (Å²) in [6.45, 7) is 1.88. The topological polar surface area (TPSA) is 57.8 Å². The number of hydrogen-bond acceptors (Lipinski definition) is 2. The molecule has 2 N–H and O–H groups in total. The summed E-state index contributed by atoms with van der Waals surface area (Å²) in [7, 11) is 0. The lowest BCUT2D eigenvalue weighted by atomic mass is 10.2. The molecule has 0 aliphatic rings. The second-order valence-electron chi connectivity index (χ2n) is 3.82. The molecule has 0 bridgehead atoms. The fourth-order valence-electron chi connectivity index (χ4n) is 1.56. The molecule has 2 rings (SSSR count). The normalized spacial score (nSPS) is 10.5. The molecule has 0 atom stereocenters. The van der Waals surface area contributed by atoms with Gasteiger partial charge in [0.05, 0.1) is 16.8 Å². The smallest absolute Gasteiger partial charge is 0.259 e. The first-order valence-corrected chi connectivity index (χ1v) is 5.88. The zero-order valence-electron chi connectivity index (χ0n) is 9.93. The molecule has 7 heteroatoms. The predicted molar refractivity (Wildman–Crippen MR) is 67.3 cm³/mol. The second-order valence-corrected chi connectivity index (χ2v) is 4.23. The van der Waals surface area contributed by atoms with Crippen molar-refractivity contribution < 1.29 is 13.6 Å². The van der Waals surface area contributed by atoms with Gasteiger partial charge in [0.1, 0.15) is 17.5 Å². The van der Waals surface area contributed by atoms with Crippen molar-refractivity contribution in [3.05, 3.63) is 46.1 Å². The minimum absolute atomic E-state index is 0.363. The highest BCUT2D eigenvalue weighted by molar-refractivity contribution is 6.30. The first-order chi connectivity index (χ1) is 9.02. The number of aromatic amines is 1. The van der Waals surface area contributed by atoms with Crippen molar-refractivity contribution >= 4 is 23.3 Å². The molecule has 0 unspecified atom stereocenters. The number of carbonyl (C=O) groups excluding carboxylic acids is 1. The molecular formula is C12H10ClF2N3O. The van der Waals surface area contributed by atoms with E-state index >= 15 is 0 Å². The van der Waals surface area contributed by atoms with Crippen LogP contribution in [-0.2, 0) is 6.42 Å². The molecule has 100 valence electrons. The number of rotatable bonds is 3. The molecule has 0 fully saturated rings. The molecule has 0 aliphatic carbocycles. The Morgan fingerprint density at radius 1 is 1.42 bits per heavy atom. The number of aromatic nitrogens is 2. The Bertz CT molecular complexity index is 627. The van der Waals surface area contributed by atoms with Crippen LogP contribution in [0.4, 0.5) is 14.6 Å². The molecular weight excluding hydrogens is 276 g/mol. The van der Waals surface area contributed by atoms with Crippen LogP contribution in [0.1, 0.15) is 22.8 Å². The van der Waals surface area contributed by atoms with Crippen molar-refractivity contribution in [1.82, 2.24) is 10.2 Å². The summed E-state index contributed by atoms with van der Waals surface area (Å²) in [5.41, 5.74) is 0.349. The van der Waals surface area contributed by atoms with E-state index in [1.807, 2.05) is 6.92 Å². The molecule has 4 nitrogen and oxygen atoms in total. The standard InChI is InChI=1S/C12H10ClF2N3O/c1-2-6-5-16-18-11(6)17-12(19)7-3-10(15)8(13)4-9(7)14/h3-5H,2H2,1H3,(H2,16,17,18,19). The van der Waals surface area contributed by atoms with Gasteiger partial charge in [-0.25, -0.2) is 8.78 Å². The summed E-state index contributed by atoms with van der Waals surface area (Å²) in [5, 5.41) is 8.41. The van der Waals surface area contributed by atoms with E-state index in [2.05, 4.69) is 15.5 Å². The number of anilines is 1. The Hall–Kier alpha value is -1.95. The van der Waals surface area contributed by atoms with E-state index in [0.29, 0.717) is 12.2 Å². The molecule has 0 saturated carbocycles. The van der Waals surface area contributed by atoms with Crippen LogP contribution in [0.2, 0.25) is 5.02 Å². The van der Waals surface area contributed by atoms with E-state index in [9.17, 15) is 13.6 Å². The lowest BCUT2D eigenvalue weighted by molar-refractivity contribution is 0.102. The van der Waals surface area contributed by atoms with Gasteiger partial charge >= 0.3 is 0 Å². The van der Waals surface area contributed by atoms with Crippen LogP contribution in [0.3, 0.4) is 0 Å². The van der Waals surface area contributed by atoms with Gasteiger partial charge in [0, 0.05) is 5.56 Å². The maximum absolute atomic E-state index is 13.6. The summed E-state index contributed by atoms with van der Waals surface area (Å²) in [6, 6.07) is 1.52. The average molecular weight is 286 g/mol. The number of aryl methyl sites for hydroxylation is 1. The van der Waals surface area contributed by atoms with Crippen molar-refractivity contribution in [2.24, 2.45) is 0 Å². The first-order valence-electron chi connectivity index (χ1n) is 5.51. The summed E-state index contributed by atoms with van der Waals surface area (Å²) in [6.07, 6.45) is 2.19. The number of benzene rings is 1. The van der Waals surface area contributed by atoms with Gasteiger partial charge in [0.2, 0.25) is 0 Å². The van der Waals surface area contributed by atoms with E-state index in [-0.39, 0.29) is 5.02 Å². The number of halogens is 3. The average Bonchev–Trinajstić information content (AvgIpc) is 2.80.